The number of aromatic nitrogens is 1. The van der Waals surface area contributed by atoms with E-state index in [1.807, 2.05) is 13.0 Å². The van der Waals surface area contributed by atoms with Gasteiger partial charge in [-0.1, -0.05) is 32.1 Å². The van der Waals surface area contributed by atoms with E-state index in [2.05, 4.69) is 4.98 Å². The minimum absolute atomic E-state index is 0. The summed E-state index contributed by atoms with van der Waals surface area (Å²) in [7, 11) is 0. The first kappa shape index (κ1) is 26.8. The van der Waals surface area contributed by atoms with Crippen LogP contribution in [0.5, 0.6) is 0 Å². The lowest BCUT2D eigenvalue weighted by Crippen LogP contribution is -2.70. The molecule has 0 radical (unpaired) electrons. The number of hydrogen-bond acceptors (Lipinski definition) is 5. The molecule has 3 aliphatic rings. The van der Waals surface area contributed by atoms with Crippen LogP contribution in [0.3, 0.4) is 0 Å². The molecule has 2 amide bonds. The summed E-state index contributed by atoms with van der Waals surface area (Å²) in [6, 6.07) is 3.13. The summed E-state index contributed by atoms with van der Waals surface area (Å²) in [5.74, 6) is 0.763. The maximum absolute atomic E-state index is 14.0. The molecule has 32 heavy (non-hydrogen) atoms. The Kier molecular flexibility index (Phi) is 8.59. The second kappa shape index (κ2) is 10.2. The number of hydrogen-bond donors (Lipinski definition) is 3. The molecular weight excluding hydrogens is 449 g/mol. The molecule has 3 fully saturated rings. The molecule has 180 valence electrons. The van der Waals surface area contributed by atoms with Crippen LogP contribution in [0.1, 0.15) is 69.0 Å². The molecule has 0 bridgehead atoms. The summed E-state index contributed by atoms with van der Waals surface area (Å²) in [5.41, 5.74) is 19.3. The second-order valence-corrected chi connectivity index (χ2v) is 9.85. The number of carbonyl (C=O) groups is 2. The summed E-state index contributed by atoms with van der Waals surface area (Å²) in [6.45, 7) is 2.93. The Morgan fingerprint density at radius 2 is 1.84 bits per heavy atom. The van der Waals surface area contributed by atoms with Gasteiger partial charge in [0.25, 0.3) is 5.91 Å². The van der Waals surface area contributed by atoms with Gasteiger partial charge in [0.05, 0.1) is 6.54 Å². The number of primary amides is 1. The van der Waals surface area contributed by atoms with Crippen LogP contribution in [-0.2, 0) is 16.1 Å². The number of rotatable bonds is 6. The van der Waals surface area contributed by atoms with Crippen molar-refractivity contribution in [3.8, 4) is 0 Å². The van der Waals surface area contributed by atoms with E-state index < -0.39 is 11.6 Å². The van der Waals surface area contributed by atoms with Crippen LogP contribution in [0.15, 0.2) is 12.1 Å². The summed E-state index contributed by atoms with van der Waals surface area (Å²) in [6.07, 6.45) is 9.25. The van der Waals surface area contributed by atoms with Crippen molar-refractivity contribution in [2.24, 2.45) is 23.3 Å². The predicted octanol–water partition coefficient (Wildman–Crippen LogP) is 2.99. The molecule has 4 atom stereocenters. The Bertz CT molecular complexity index is 848. The van der Waals surface area contributed by atoms with Crippen LogP contribution in [-0.4, -0.2) is 39.4 Å². The van der Waals surface area contributed by atoms with Crippen LogP contribution in [0.25, 0.3) is 0 Å². The number of aryl methyl sites for hydroxylation is 1. The number of nitrogens with zero attached hydrogens (tertiary/aromatic N) is 2. The van der Waals surface area contributed by atoms with Gasteiger partial charge in [-0.25, -0.2) is 14.3 Å². The molecule has 7 nitrogen and oxygen atoms in total. The highest BCUT2D eigenvalue weighted by Gasteiger charge is 2.76. The molecule has 1 aliphatic heterocycles. The van der Waals surface area contributed by atoms with Gasteiger partial charge in [0.15, 0.2) is 5.54 Å². The number of carbonyl (C=O) groups excluding carboxylic acids is 2. The zero-order valence-electron chi connectivity index (χ0n) is 18.9. The molecule has 0 aromatic carbocycles. The molecule has 2 heterocycles. The number of halogens is 2. The van der Waals surface area contributed by atoms with Crippen molar-refractivity contribution < 1.29 is 14.1 Å². The van der Waals surface area contributed by atoms with Crippen molar-refractivity contribution in [2.45, 2.75) is 82.8 Å². The molecule has 1 unspecified atom stereocenters. The molecular formula is C23H38Cl2N5O2+. The SMILES string of the molecule is Cc1nc(N)ccc1C[N+]1(C(=O)[C@H](N)CC2CCCCC2)CCC[C@@H]2C[C@@]21C(N)=O.Cl.Cl. The average Bonchev–Trinajstić information content (AvgIpc) is 3.47. The summed E-state index contributed by atoms with van der Waals surface area (Å²) in [4.78, 5) is 31.2. The molecule has 4 rings (SSSR count). The van der Waals surface area contributed by atoms with Gasteiger partial charge in [-0.2, -0.15) is 0 Å². The Labute approximate surface area is 203 Å². The number of pyridine rings is 1. The van der Waals surface area contributed by atoms with Crippen LogP contribution < -0.4 is 17.2 Å². The first-order chi connectivity index (χ1) is 14.3. The molecule has 6 N–H and O–H groups in total. The van der Waals surface area contributed by atoms with Crippen molar-refractivity contribution in [2.75, 3.05) is 12.3 Å². The van der Waals surface area contributed by atoms with Gasteiger partial charge in [0.2, 0.25) is 0 Å². The van der Waals surface area contributed by atoms with Gasteiger partial charge in [0, 0.05) is 23.6 Å². The van der Waals surface area contributed by atoms with Crippen molar-refractivity contribution in [1.82, 2.24) is 4.98 Å². The second-order valence-electron chi connectivity index (χ2n) is 9.85. The van der Waals surface area contributed by atoms with Gasteiger partial charge in [-0.3, -0.25) is 4.79 Å². The fourth-order valence-corrected chi connectivity index (χ4v) is 6.37. The standard InChI is InChI=1S/C23H35N5O2.2ClH/c1-15-17(9-10-20(25)27-15)14-28(11-5-8-18-13-23(18,28)22(26)30)21(29)19(24)12-16-6-3-2-4-7-16;;/h9-10,16,18-19H,2-8,11-14,24H2,1H3,(H3-,25,26,27,30);2*1H/p+1/t18-,19-,23+,28?;;/m1../s1. The van der Waals surface area contributed by atoms with Crippen LogP contribution in [0, 0.1) is 18.8 Å². The summed E-state index contributed by atoms with van der Waals surface area (Å²) >= 11 is 0. The van der Waals surface area contributed by atoms with Gasteiger partial charge >= 0.3 is 5.91 Å². The number of nitrogens with two attached hydrogens (primary N) is 3. The lowest BCUT2D eigenvalue weighted by atomic mass is 9.84. The Morgan fingerprint density at radius 3 is 2.47 bits per heavy atom. The molecule has 2 aliphatic carbocycles. The number of piperidine rings is 1. The lowest BCUT2D eigenvalue weighted by Gasteiger charge is -2.46. The first-order valence-corrected chi connectivity index (χ1v) is 11.5. The van der Waals surface area contributed by atoms with E-state index >= 15 is 0 Å². The fraction of sp³-hybridized carbons (Fsp3) is 0.696. The molecule has 2 saturated carbocycles. The fourth-order valence-electron chi connectivity index (χ4n) is 6.37. The topological polar surface area (TPSA) is 125 Å². The van der Waals surface area contributed by atoms with E-state index in [0.29, 0.717) is 37.7 Å². The van der Waals surface area contributed by atoms with Gasteiger partial charge in [0.1, 0.15) is 18.4 Å². The van der Waals surface area contributed by atoms with Gasteiger partial charge in [-0.15, -0.1) is 24.8 Å². The smallest absolute Gasteiger partial charge is 0.331 e. The van der Waals surface area contributed by atoms with Gasteiger partial charge in [-0.05, 0) is 44.2 Å². The normalized spacial score (nSPS) is 30.2. The third-order valence-electron chi connectivity index (χ3n) is 8.06. The molecule has 0 spiro atoms. The minimum Gasteiger partial charge on any atom is -0.384 e. The van der Waals surface area contributed by atoms with Crippen LogP contribution >= 0.6 is 24.8 Å². The predicted molar refractivity (Wildman–Crippen MR) is 130 cm³/mol. The number of quaternary nitrogens is 1. The molecule has 1 aromatic rings. The zero-order valence-corrected chi connectivity index (χ0v) is 20.6. The highest BCUT2D eigenvalue weighted by atomic mass is 35.5. The van der Waals surface area contributed by atoms with Crippen molar-refractivity contribution in [3.05, 3.63) is 23.4 Å². The van der Waals surface area contributed by atoms with E-state index in [9.17, 15) is 9.59 Å². The molecule has 1 aromatic heterocycles. The van der Waals surface area contributed by atoms with Crippen molar-refractivity contribution >= 4 is 42.4 Å². The van der Waals surface area contributed by atoms with E-state index in [1.54, 1.807) is 6.07 Å². The maximum atomic E-state index is 14.0. The number of nitrogen functional groups attached to an aromatic ring is 1. The number of amides is 2. The number of fused-ring (bicyclic) bond motifs is 1. The van der Waals surface area contributed by atoms with E-state index in [-0.39, 0.29) is 47.0 Å². The maximum Gasteiger partial charge on any atom is 0.331 e. The highest BCUT2D eigenvalue weighted by Crippen LogP contribution is 2.59. The van der Waals surface area contributed by atoms with Crippen LogP contribution in [0.2, 0.25) is 0 Å². The quantitative estimate of drug-likeness (QED) is 0.532. The number of anilines is 1. The average molecular weight is 487 g/mol. The highest BCUT2D eigenvalue weighted by molar-refractivity contribution is 5.91. The van der Waals surface area contributed by atoms with E-state index in [0.717, 1.165) is 36.9 Å². The van der Waals surface area contributed by atoms with E-state index in [4.69, 9.17) is 17.2 Å². The molecule has 9 heteroatoms. The first-order valence-electron chi connectivity index (χ1n) is 11.5. The minimum atomic E-state index is -0.812. The van der Waals surface area contributed by atoms with Crippen LogP contribution in [0.4, 0.5) is 5.82 Å². The van der Waals surface area contributed by atoms with Crippen molar-refractivity contribution in [3.63, 3.8) is 0 Å². The Morgan fingerprint density at radius 1 is 1.16 bits per heavy atom. The summed E-state index contributed by atoms with van der Waals surface area (Å²) in [5, 5.41) is 0. The third-order valence-corrected chi connectivity index (χ3v) is 8.06. The zero-order chi connectivity index (χ0) is 21.5. The third kappa shape index (κ3) is 4.49. The molecule has 1 saturated heterocycles. The van der Waals surface area contributed by atoms with Gasteiger partial charge < -0.3 is 17.2 Å². The monoisotopic (exact) mass is 486 g/mol. The van der Waals surface area contributed by atoms with Crippen molar-refractivity contribution in [1.29, 1.82) is 0 Å². The Hall–Kier alpha value is -1.41. The largest absolute Gasteiger partial charge is 0.384 e. The lowest BCUT2D eigenvalue weighted by molar-refractivity contribution is -0.900. The Balaban J connectivity index is 0.00000181. The van der Waals surface area contributed by atoms with E-state index in [1.165, 1.54) is 19.3 Å². The number of likely N-dealkylation sites (tertiary alicyclic amines) is 1. The summed E-state index contributed by atoms with van der Waals surface area (Å²) < 4.78 is 0.0628.